The van der Waals surface area contributed by atoms with Crippen LogP contribution in [0.1, 0.15) is 11.3 Å². The maximum absolute atomic E-state index is 12.7. The van der Waals surface area contributed by atoms with Crippen molar-refractivity contribution in [2.24, 2.45) is 14.1 Å². The van der Waals surface area contributed by atoms with E-state index in [1.807, 2.05) is 0 Å². The lowest BCUT2D eigenvalue weighted by molar-refractivity contribution is -0.137. The van der Waals surface area contributed by atoms with Crippen LogP contribution in [0.2, 0.25) is 0 Å². The average Bonchev–Trinajstić information content (AvgIpc) is 3.23. The first kappa shape index (κ1) is 22.4. The molecular weight excluding hydrogens is 459 g/mol. The molecule has 8 nitrogen and oxygen atoms in total. The number of nitrogens with one attached hydrogen (secondary N) is 1. The van der Waals surface area contributed by atoms with Gasteiger partial charge in [0.15, 0.2) is 5.13 Å². The van der Waals surface area contributed by atoms with Gasteiger partial charge in [-0.25, -0.2) is 9.78 Å². The molecule has 33 heavy (non-hydrogen) atoms. The van der Waals surface area contributed by atoms with Crippen LogP contribution in [-0.2, 0) is 31.5 Å². The van der Waals surface area contributed by atoms with Gasteiger partial charge >= 0.3 is 11.9 Å². The van der Waals surface area contributed by atoms with E-state index >= 15 is 0 Å². The fourth-order valence-corrected chi connectivity index (χ4v) is 4.07. The van der Waals surface area contributed by atoms with Crippen molar-refractivity contribution in [2.45, 2.75) is 12.6 Å². The Kier molecular flexibility index (Phi) is 5.62. The van der Waals surface area contributed by atoms with Crippen LogP contribution in [0, 0.1) is 0 Å². The molecule has 0 atom stereocenters. The highest BCUT2D eigenvalue weighted by molar-refractivity contribution is 7.14. The lowest BCUT2D eigenvalue weighted by atomic mass is 10.1. The van der Waals surface area contributed by atoms with Crippen molar-refractivity contribution in [3.63, 3.8) is 0 Å². The molecule has 0 bridgehead atoms. The molecule has 0 radical (unpaired) electrons. The first-order chi connectivity index (χ1) is 15.6. The minimum atomic E-state index is -4.43. The van der Waals surface area contributed by atoms with Gasteiger partial charge in [0.25, 0.3) is 5.56 Å². The number of aryl methyl sites for hydroxylation is 1. The number of hydrogen-bond donors (Lipinski definition) is 1. The summed E-state index contributed by atoms with van der Waals surface area (Å²) < 4.78 is 40.4. The summed E-state index contributed by atoms with van der Waals surface area (Å²) in [5, 5.41) is 4.64. The number of amides is 1. The predicted molar refractivity (Wildman–Crippen MR) is 117 cm³/mol. The van der Waals surface area contributed by atoms with Gasteiger partial charge in [-0.05, 0) is 18.2 Å². The Morgan fingerprint density at radius 2 is 1.79 bits per heavy atom. The van der Waals surface area contributed by atoms with Crippen LogP contribution in [0.5, 0.6) is 0 Å². The number of hydrogen-bond acceptors (Lipinski definition) is 6. The number of thiazole rings is 1. The zero-order valence-electron chi connectivity index (χ0n) is 17.3. The molecule has 0 aliphatic heterocycles. The Hall–Kier alpha value is -3.80. The Balaban J connectivity index is 1.55. The fourth-order valence-electron chi connectivity index (χ4n) is 3.33. The Morgan fingerprint density at radius 3 is 2.45 bits per heavy atom. The molecule has 170 valence electrons. The van der Waals surface area contributed by atoms with Crippen molar-refractivity contribution in [3.8, 4) is 11.3 Å². The molecule has 1 aromatic carbocycles. The van der Waals surface area contributed by atoms with Crippen molar-refractivity contribution < 1.29 is 18.0 Å². The zero-order chi connectivity index (χ0) is 23.9. The molecule has 1 amide bonds. The standard InChI is InChI=1S/C21H16F3N5O3S/c1-28-15-7-8-25-13(17(15)18(31)29(2)20(28)32)9-16(30)27-19-26-14(10-33-19)11-3-5-12(6-4-11)21(22,23)24/h3-8,10H,9H2,1-2H3,(H,26,27,30). The van der Waals surface area contributed by atoms with E-state index in [1.54, 1.807) is 5.38 Å². The van der Waals surface area contributed by atoms with Gasteiger partial charge in [0.2, 0.25) is 5.91 Å². The van der Waals surface area contributed by atoms with Crippen LogP contribution in [-0.4, -0.2) is 25.0 Å². The van der Waals surface area contributed by atoms with Gasteiger partial charge in [-0.2, -0.15) is 13.2 Å². The lowest BCUT2D eigenvalue weighted by Gasteiger charge is -2.10. The summed E-state index contributed by atoms with van der Waals surface area (Å²) in [4.78, 5) is 45.7. The highest BCUT2D eigenvalue weighted by atomic mass is 32.1. The maximum atomic E-state index is 12.7. The van der Waals surface area contributed by atoms with E-state index in [0.29, 0.717) is 16.8 Å². The van der Waals surface area contributed by atoms with E-state index in [1.165, 1.54) is 43.1 Å². The molecule has 0 saturated carbocycles. The van der Waals surface area contributed by atoms with Gasteiger partial charge in [0, 0.05) is 31.2 Å². The Morgan fingerprint density at radius 1 is 1.09 bits per heavy atom. The number of rotatable bonds is 4. The molecule has 3 aromatic heterocycles. The van der Waals surface area contributed by atoms with Gasteiger partial charge in [0.05, 0.1) is 34.3 Å². The maximum Gasteiger partial charge on any atom is 0.416 e. The second-order valence-corrected chi connectivity index (χ2v) is 8.05. The predicted octanol–water partition coefficient (Wildman–Crippen LogP) is 2.96. The number of alkyl halides is 3. The van der Waals surface area contributed by atoms with Crippen LogP contribution in [0.3, 0.4) is 0 Å². The molecule has 1 N–H and O–H groups in total. The van der Waals surface area contributed by atoms with E-state index in [9.17, 15) is 27.6 Å². The van der Waals surface area contributed by atoms with Crippen LogP contribution < -0.4 is 16.6 Å². The molecule has 12 heteroatoms. The molecule has 0 fully saturated rings. The smallest absolute Gasteiger partial charge is 0.302 e. The molecular formula is C21H16F3N5O3S. The first-order valence-corrected chi connectivity index (χ1v) is 10.4. The van der Waals surface area contributed by atoms with Gasteiger partial charge < -0.3 is 5.32 Å². The fraction of sp³-hybridized carbons (Fsp3) is 0.190. The van der Waals surface area contributed by atoms with Crippen LogP contribution in [0.4, 0.5) is 18.3 Å². The molecule has 0 aliphatic rings. The minimum Gasteiger partial charge on any atom is -0.302 e. The topological polar surface area (TPSA) is 98.9 Å². The number of fused-ring (bicyclic) bond motifs is 1. The van der Waals surface area contributed by atoms with Gasteiger partial charge in [-0.15, -0.1) is 11.3 Å². The van der Waals surface area contributed by atoms with Crippen LogP contribution >= 0.6 is 11.3 Å². The van der Waals surface area contributed by atoms with E-state index in [2.05, 4.69) is 15.3 Å². The summed E-state index contributed by atoms with van der Waals surface area (Å²) in [5.74, 6) is -0.487. The van der Waals surface area contributed by atoms with E-state index in [-0.39, 0.29) is 22.6 Å². The normalized spacial score (nSPS) is 11.7. The molecule has 0 aliphatic carbocycles. The van der Waals surface area contributed by atoms with Crippen molar-refractivity contribution in [1.82, 2.24) is 19.1 Å². The second-order valence-electron chi connectivity index (χ2n) is 7.20. The van der Waals surface area contributed by atoms with Gasteiger partial charge in [-0.3, -0.25) is 23.7 Å². The number of aromatic nitrogens is 4. The summed E-state index contributed by atoms with van der Waals surface area (Å²) in [6, 6.07) is 6.07. The zero-order valence-corrected chi connectivity index (χ0v) is 18.1. The number of halogens is 3. The molecule has 3 heterocycles. The third-order valence-electron chi connectivity index (χ3n) is 5.05. The minimum absolute atomic E-state index is 0.168. The Labute approximate surface area is 188 Å². The van der Waals surface area contributed by atoms with E-state index in [4.69, 9.17) is 0 Å². The van der Waals surface area contributed by atoms with Crippen molar-refractivity contribution >= 4 is 33.3 Å². The molecule has 4 rings (SSSR count). The number of carbonyl (C=O) groups is 1. The lowest BCUT2D eigenvalue weighted by Crippen LogP contribution is -2.37. The van der Waals surface area contributed by atoms with Crippen LogP contribution in [0.25, 0.3) is 22.2 Å². The SMILES string of the molecule is Cn1c(=O)c2c(CC(=O)Nc3nc(-c4ccc(C(F)(F)F)cc4)cs3)nccc2n(C)c1=O. The molecule has 0 unspecified atom stereocenters. The summed E-state index contributed by atoms with van der Waals surface area (Å²) in [7, 11) is 2.87. The summed E-state index contributed by atoms with van der Waals surface area (Å²) in [5.41, 5.74) is -0.353. The number of benzene rings is 1. The number of pyridine rings is 1. The third-order valence-corrected chi connectivity index (χ3v) is 5.81. The largest absolute Gasteiger partial charge is 0.416 e. The first-order valence-electron chi connectivity index (χ1n) is 9.53. The second kappa shape index (κ2) is 8.28. The highest BCUT2D eigenvalue weighted by Gasteiger charge is 2.30. The van der Waals surface area contributed by atoms with E-state index < -0.39 is 28.9 Å². The summed E-state index contributed by atoms with van der Waals surface area (Å²) in [6.45, 7) is 0. The number of carbonyl (C=O) groups excluding carboxylic acids is 1. The molecule has 4 aromatic rings. The molecule has 0 spiro atoms. The quantitative estimate of drug-likeness (QED) is 0.489. The number of anilines is 1. The van der Waals surface area contributed by atoms with Crippen LogP contribution in [0.15, 0.2) is 51.5 Å². The van der Waals surface area contributed by atoms with Gasteiger partial charge in [0.1, 0.15) is 0 Å². The summed E-state index contributed by atoms with van der Waals surface area (Å²) >= 11 is 1.11. The van der Waals surface area contributed by atoms with Crippen molar-refractivity contribution in [2.75, 3.05) is 5.32 Å². The van der Waals surface area contributed by atoms with E-state index in [0.717, 1.165) is 28.0 Å². The number of nitrogens with zero attached hydrogens (tertiary/aromatic N) is 4. The monoisotopic (exact) mass is 475 g/mol. The average molecular weight is 475 g/mol. The highest BCUT2D eigenvalue weighted by Crippen LogP contribution is 2.31. The van der Waals surface area contributed by atoms with Crippen molar-refractivity contribution in [3.05, 3.63) is 74.0 Å². The summed E-state index contributed by atoms with van der Waals surface area (Å²) in [6.07, 6.45) is -3.25. The van der Waals surface area contributed by atoms with Crippen molar-refractivity contribution in [1.29, 1.82) is 0 Å². The molecule has 0 saturated heterocycles. The van der Waals surface area contributed by atoms with Gasteiger partial charge in [-0.1, -0.05) is 12.1 Å². The third kappa shape index (κ3) is 4.29. The Bertz CT molecular complexity index is 1490.